The van der Waals surface area contributed by atoms with E-state index in [1.807, 2.05) is 0 Å². The Balaban J connectivity index is 1.62. The largest absolute Gasteiger partial charge is 0.336 e. The highest BCUT2D eigenvalue weighted by Crippen LogP contribution is 2.33. The molecule has 0 bridgehead atoms. The van der Waals surface area contributed by atoms with E-state index in [2.05, 4.69) is 20.4 Å². The molecule has 0 unspecified atom stereocenters. The zero-order valence-electron chi connectivity index (χ0n) is 13.8. The predicted molar refractivity (Wildman–Crippen MR) is 96.1 cm³/mol. The number of hydrogen-bond acceptors (Lipinski definition) is 6. The van der Waals surface area contributed by atoms with Gasteiger partial charge in [-0.15, -0.1) is 0 Å². The second-order valence-corrected chi connectivity index (χ2v) is 7.30. The first-order chi connectivity index (χ1) is 12.6. The molecule has 1 aromatic carbocycles. The van der Waals surface area contributed by atoms with Crippen LogP contribution in [0.15, 0.2) is 22.7 Å². The monoisotopic (exact) mass is 368 g/mol. The number of amides is 1. The fourth-order valence-corrected chi connectivity index (χ4v) is 4.37. The first-order valence-electron chi connectivity index (χ1n) is 8.26. The topological polar surface area (TPSA) is 80.9 Å². The van der Waals surface area contributed by atoms with Crippen molar-refractivity contribution in [3.05, 3.63) is 46.5 Å². The van der Waals surface area contributed by atoms with Crippen LogP contribution in [-0.2, 0) is 12.8 Å². The first kappa shape index (κ1) is 15.4. The molecule has 0 saturated heterocycles. The van der Waals surface area contributed by atoms with Gasteiger partial charge in [-0.25, -0.2) is 14.4 Å². The fraction of sp³-hybridized carbons (Fsp3) is 0.222. The zero-order chi connectivity index (χ0) is 17.8. The molecule has 0 saturated carbocycles. The van der Waals surface area contributed by atoms with Gasteiger partial charge in [0.25, 0.3) is 11.6 Å². The van der Waals surface area contributed by atoms with E-state index >= 15 is 0 Å². The van der Waals surface area contributed by atoms with Gasteiger partial charge in [0.05, 0.1) is 21.3 Å². The number of carbonyl (C=O) groups excluding carboxylic acids is 1. The number of carbonyl (C=O) groups is 1. The Morgan fingerprint density at radius 2 is 2.19 bits per heavy atom. The molecule has 3 heterocycles. The third kappa shape index (κ3) is 2.22. The van der Waals surface area contributed by atoms with E-state index < -0.39 is 5.82 Å². The number of nitrogens with zero attached hydrogens (tertiary/aromatic N) is 3. The van der Waals surface area contributed by atoms with Gasteiger partial charge >= 0.3 is 0 Å². The van der Waals surface area contributed by atoms with E-state index in [1.165, 1.54) is 17.4 Å². The number of para-hydroxylation sites is 1. The number of hydrogen-bond donors (Lipinski definition) is 1. The van der Waals surface area contributed by atoms with Gasteiger partial charge in [0, 0.05) is 5.69 Å². The van der Waals surface area contributed by atoms with Crippen molar-refractivity contribution in [1.29, 1.82) is 0 Å². The molecule has 0 spiro atoms. The van der Waals surface area contributed by atoms with Gasteiger partial charge < -0.3 is 4.52 Å². The highest BCUT2D eigenvalue weighted by atomic mass is 32.1. The van der Waals surface area contributed by atoms with E-state index in [9.17, 15) is 9.18 Å². The van der Waals surface area contributed by atoms with Crippen molar-refractivity contribution in [3.8, 4) is 0 Å². The summed E-state index contributed by atoms with van der Waals surface area (Å²) >= 11 is 1.24. The van der Waals surface area contributed by atoms with Crippen LogP contribution in [0.5, 0.6) is 0 Å². The molecular weight excluding hydrogens is 355 g/mol. The summed E-state index contributed by atoms with van der Waals surface area (Å²) in [7, 11) is 0. The number of benzene rings is 1. The molecule has 0 atom stereocenters. The number of anilines is 1. The number of pyridine rings is 1. The van der Waals surface area contributed by atoms with Gasteiger partial charge in [-0.1, -0.05) is 22.6 Å². The molecule has 1 aliphatic carbocycles. The van der Waals surface area contributed by atoms with Gasteiger partial charge in [0.2, 0.25) is 0 Å². The number of rotatable bonds is 2. The van der Waals surface area contributed by atoms with Crippen molar-refractivity contribution in [2.45, 2.75) is 26.2 Å². The van der Waals surface area contributed by atoms with E-state index in [-0.39, 0.29) is 11.4 Å². The molecule has 0 aliphatic heterocycles. The van der Waals surface area contributed by atoms with E-state index in [0.717, 1.165) is 30.5 Å². The minimum absolute atomic E-state index is 0.263. The lowest BCUT2D eigenvalue weighted by atomic mass is 10.0. The maximum absolute atomic E-state index is 13.9. The van der Waals surface area contributed by atoms with E-state index in [4.69, 9.17) is 4.52 Å². The summed E-state index contributed by atoms with van der Waals surface area (Å²) in [6.07, 6.45) is 2.56. The Hall–Kier alpha value is -2.87. The molecule has 1 N–H and O–H groups in total. The molecule has 26 heavy (non-hydrogen) atoms. The number of aryl methyl sites for hydroxylation is 2. The standard InChI is InChI=1S/C18H13FN4O2S/c1-8-13-14(9-4-2-6-11(9)20-17(13)25-23-8)16(24)22-18-21-15-10(19)5-3-7-12(15)26-18/h3,5,7H,2,4,6H2,1H3,(H,21,22,24). The normalized spacial score (nSPS) is 13.5. The fourth-order valence-electron chi connectivity index (χ4n) is 3.49. The number of thiazole rings is 1. The third-order valence-corrected chi connectivity index (χ3v) is 5.58. The highest BCUT2D eigenvalue weighted by molar-refractivity contribution is 7.22. The smallest absolute Gasteiger partial charge is 0.259 e. The molecule has 4 aromatic rings. The van der Waals surface area contributed by atoms with Crippen molar-refractivity contribution in [1.82, 2.24) is 15.1 Å². The lowest BCUT2D eigenvalue weighted by Crippen LogP contribution is -2.15. The summed E-state index contributed by atoms with van der Waals surface area (Å²) in [5.41, 5.74) is 3.63. The summed E-state index contributed by atoms with van der Waals surface area (Å²) in [6.45, 7) is 1.79. The average molecular weight is 368 g/mol. The Bertz CT molecular complexity index is 1200. The first-order valence-corrected chi connectivity index (χ1v) is 9.07. The number of fused-ring (bicyclic) bond motifs is 3. The molecule has 6 nitrogen and oxygen atoms in total. The molecule has 1 aliphatic rings. The van der Waals surface area contributed by atoms with Crippen LogP contribution in [0.25, 0.3) is 21.3 Å². The predicted octanol–water partition coefficient (Wildman–Crippen LogP) is 4.02. The summed E-state index contributed by atoms with van der Waals surface area (Å²) < 4.78 is 19.8. The molecule has 8 heteroatoms. The molecule has 0 fully saturated rings. The van der Waals surface area contributed by atoms with Crippen molar-refractivity contribution in [2.75, 3.05) is 5.32 Å². The SMILES string of the molecule is Cc1noc2nc3c(c(C(=O)Nc4nc5c(F)cccc5s4)c12)CCC3. The lowest BCUT2D eigenvalue weighted by Gasteiger charge is -2.08. The maximum Gasteiger partial charge on any atom is 0.259 e. The third-order valence-electron chi connectivity index (χ3n) is 4.64. The summed E-state index contributed by atoms with van der Waals surface area (Å²) in [5, 5.41) is 7.77. The lowest BCUT2D eigenvalue weighted by molar-refractivity contribution is 0.102. The molecule has 1 amide bonds. The molecular formula is C18H13FN4O2S. The second kappa shape index (κ2) is 5.57. The van der Waals surface area contributed by atoms with Crippen molar-refractivity contribution in [3.63, 3.8) is 0 Å². The van der Waals surface area contributed by atoms with Gasteiger partial charge in [-0.2, -0.15) is 0 Å². The van der Waals surface area contributed by atoms with Crippen molar-refractivity contribution >= 4 is 43.7 Å². The van der Waals surface area contributed by atoms with Gasteiger partial charge in [0.15, 0.2) is 5.13 Å². The molecule has 130 valence electrons. The molecule has 5 rings (SSSR count). The van der Waals surface area contributed by atoms with E-state index in [0.29, 0.717) is 32.2 Å². The van der Waals surface area contributed by atoms with Crippen LogP contribution >= 0.6 is 11.3 Å². The Morgan fingerprint density at radius 3 is 3.04 bits per heavy atom. The van der Waals surface area contributed by atoms with Crippen LogP contribution < -0.4 is 5.32 Å². The van der Waals surface area contributed by atoms with Gasteiger partial charge in [0.1, 0.15) is 11.3 Å². The van der Waals surface area contributed by atoms with E-state index in [1.54, 1.807) is 19.1 Å². The minimum atomic E-state index is -0.402. The molecule has 0 radical (unpaired) electrons. The maximum atomic E-state index is 13.9. The minimum Gasteiger partial charge on any atom is -0.336 e. The second-order valence-electron chi connectivity index (χ2n) is 6.27. The Kier molecular flexibility index (Phi) is 3.30. The van der Waals surface area contributed by atoms with Crippen LogP contribution in [0, 0.1) is 12.7 Å². The summed E-state index contributed by atoms with van der Waals surface area (Å²) in [5.74, 6) is -0.692. The number of nitrogens with one attached hydrogen (secondary N) is 1. The highest BCUT2D eigenvalue weighted by Gasteiger charge is 2.27. The van der Waals surface area contributed by atoms with Crippen LogP contribution in [0.3, 0.4) is 0 Å². The van der Waals surface area contributed by atoms with Crippen LogP contribution in [0.2, 0.25) is 0 Å². The van der Waals surface area contributed by atoms with Crippen molar-refractivity contribution in [2.24, 2.45) is 0 Å². The van der Waals surface area contributed by atoms with Gasteiger partial charge in [-0.3, -0.25) is 10.1 Å². The Morgan fingerprint density at radius 1 is 1.31 bits per heavy atom. The Labute approximate surface area is 151 Å². The number of halogens is 1. The quantitative estimate of drug-likeness (QED) is 0.578. The summed E-state index contributed by atoms with van der Waals surface area (Å²) in [6, 6.07) is 4.76. The summed E-state index contributed by atoms with van der Waals surface area (Å²) in [4.78, 5) is 21.8. The average Bonchev–Trinajstić information content (AvgIpc) is 3.32. The van der Waals surface area contributed by atoms with Crippen LogP contribution in [0.4, 0.5) is 9.52 Å². The van der Waals surface area contributed by atoms with Gasteiger partial charge in [-0.05, 0) is 43.9 Å². The van der Waals surface area contributed by atoms with Crippen LogP contribution in [0.1, 0.15) is 33.7 Å². The van der Waals surface area contributed by atoms with Crippen LogP contribution in [-0.4, -0.2) is 21.0 Å². The van der Waals surface area contributed by atoms with Crippen molar-refractivity contribution < 1.29 is 13.7 Å². The number of aromatic nitrogens is 3. The zero-order valence-corrected chi connectivity index (χ0v) is 14.6. The molecule has 3 aromatic heterocycles.